The van der Waals surface area contributed by atoms with Crippen molar-refractivity contribution in [1.29, 1.82) is 0 Å². The Morgan fingerprint density at radius 2 is 2.27 bits per heavy atom. The number of hydrogen-bond acceptors (Lipinski definition) is 3. The van der Waals surface area contributed by atoms with E-state index in [1.54, 1.807) is 12.4 Å². The van der Waals surface area contributed by atoms with Crippen LogP contribution in [0.4, 0.5) is 0 Å². The molecule has 1 rings (SSSR count). The van der Waals surface area contributed by atoms with Crippen LogP contribution in [0.25, 0.3) is 0 Å². The van der Waals surface area contributed by atoms with Crippen molar-refractivity contribution in [3.8, 4) is 0 Å². The molecule has 0 aliphatic heterocycles. The third-order valence-electron chi connectivity index (χ3n) is 2.66. The molecule has 0 radical (unpaired) electrons. The molecule has 0 bridgehead atoms. The van der Waals surface area contributed by atoms with Gasteiger partial charge in [0.15, 0.2) is 0 Å². The van der Waals surface area contributed by atoms with E-state index in [4.69, 9.17) is 0 Å². The Morgan fingerprint density at radius 3 is 2.87 bits per heavy atom. The van der Waals surface area contributed by atoms with Gasteiger partial charge in [-0.05, 0) is 45.0 Å². The Bertz CT molecular complexity index is 310. The fourth-order valence-corrected chi connectivity index (χ4v) is 1.67. The molecule has 3 nitrogen and oxygen atoms in total. The van der Waals surface area contributed by atoms with Crippen LogP contribution >= 0.6 is 0 Å². The van der Waals surface area contributed by atoms with Gasteiger partial charge in [0.2, 0.25) is 0 Å². The van der Waals surface area contributed by atoms with Crippen molar-refractivity contribution in [3.05, 3.63) is 29.6 Å². The molecule has 0 saturated heterocycles. The highest BCUT2D eigenvalue weighted by molar-refractivity contribution is 5.27. The van der Waals surface area contributed by atoms with E-state index in [0.29, 0.717) is 6.42 Å². The van der Waals surface area contributed by atoms with Crippen molar-refractivity contribution in [2.45, 2.75) is 32.8 Å². The van der Waals surface area contributed by atoms with Crippen LogP contribution in [0.15, 0.2) is 18.5 Å². The Morgan fingerprint density at radius 1 is 1.53 bits per heavy atom. The van der Waals surface area contributed by atoms with Gasteiger partial charge in [-0.2, -0.15) is 0 Å². The molecule has 0 fully saturated rings. The van der Waals surface area contributed by atoms with Crippen molar-refractivity contribution < 1.29 is 5.11 Å². The standard InChI is InChI=1S/C12H20N2O/c1-4-13-8-6-12(3,15)11-9-14-7-5-10(11)2/h5,7,9,13,15H,4,6,8H2,1-3H3. The lowest BCUT2D eigenvalue weighted by molar-refractivity contribution is 0.0472. The van der Waals surface area contributed by atoms with E-state index < -0.39 is 5.60 Å². The van der Waals surface area contributed by atoms with Crippen LogP contribution in [-0.2, 0) is 5.60 Å². The van der Waals surface area contributed by atoms with Gasteiger partial charge in [-0.15, -0.1) is 0 Å². The van der Waals surface area contributed by atoms with E-state index in [1.807, 2.05) is 19.9 Å². The van der Waals surface area contributed by atoms with Crippen molar-refractivity contribution in [3.63, 3.8) is 0 Å². The highest BCUT2D eigenvalue weighted by atomic mass is 16.3. The fraction of sp³-hybridized carbons (Fsp3) is 0.583. The molecule has 0 spiro atoms. The molecule has 1 atom stereocenters. The summed E-state index contributed by atoms with van der Waals surface area (Å²) in [6.45, 7) is 7.65. The first-order valence-corrected chi connectivity index (χ1v) is 5.42. The third-order valence-corrected chi connectivity index (χ3v) is 2.66. The summed E-state index contributed by atoms with van der Waals surface area (Å²) in [5.74, 6) is 0. The van der Waals surface area contributed by atoms with Crippen molar-refractivity contribution in [2.24, 2.45) is 0 Å². The first-order chi connectivity index (χ1) is 7.08. The van der Waals surface area contributed by atoms with E-state index in [2.05, 4.69) is 17.2 Å². The van der Waals surface area contributed by atoms with Gasteiger partial charge in [0, 0.05) is 18.0 Å². The maximum atomic E-state index is 10.3. The molecule has 1 unspecified atom stereocenters. The van der Waals surface area contributed by atoms with Crippen LogP contribution in [0.5, 0.6) is 0 Å². The van der Waals surface area contributed by atoms with Gasteiger partial charge in [-0.3, -0.25) is 4.98 Å². The second-order valence-corrected chi connectivity index (χ2v) is 4.07. The molecule has 0 saturated carbocycles. The molecule has 1 heterocycles. The summed E-state index contributed by atoms with van der Waals surface area (Å²) in [7, 11) is 0. The molecule has 84 valence electrons. The van der Waals surface area contributed by atoms with Crippen molar-refractivity contribution >= 4 is 0 Å². The number of pyridine rings is 1. The molecular weight excluding hydrogens is 188 g/mol. The fourth-order valence-electron chi connectivity index (χ4n) is 1.67. The summed E-state index contributed by atoms with van der Waals surface area (Å²) >= 11 is 0. The number of aliphatic hydroxyl groups is 1. The first kappa shape index (κ1) is 12.1. The Kier molecular flexibility index (Phi) is 4.24. The Labute approximate surface area is 91.5 Å². The predicted molar refractivity (Wildman–Crippen MR) is 61.7 cm³/mol. The minimum absolute atomic E-state index is 0.702. The Balaban J connectivity index is 2.72. The largest absolute Gasteiger partial charge is 0.385 e. The summed E-state index contributed by atoms with van der Waals surface area (Å²) in [5, 5.41) is 13.5. The highest BCUT2D eigenvalue weighted by Gasteiger charge is 2.24. The molecule has 15 heavy (non-hydrogen) atoms. The van der Waals surface area contributed by atoms with Gasteiger partial charge in [0.1, 0.15) is 0 Å². The summed E-state index contributed by atoms with van der Waals surface area (Å²) < 4.78 is 0. The lowest BCUT2D eigenvalue weighted by atomic mass is 9.91. The maximum Gasteiger partial charge on any atom is 0.0898 e. The molecule has 1 aromatic heterocycles. The van der Waals surface area contributed by atoms with E-state index in [-0.39, 0.29) is 0 Å². The normalized spacial score (nSPS) is 14.9. The number of aryl methyl sites for hydroxylation is 1. The lowest BCUT2D eigenvalue weighted by Crippen LogP contribution is -2.28. The van der Waals surface area contributed by atoms with Crippen molar-refractivity contribution in [2.75, 3.05) is 13.1 Å². The zero-order valence-corrected chi connectivity index (χ0v) is 9.75. The minimum Gasteiger partial charge on any atom is -0.385 e. The molecule has 1 aromatic rings. The molecule has 2 N–H and O–H groups in total. The van der Waals surface area contributed by atoms with E-state index in [0.717, 1.165) is 24.2 Å². The monoisotopic (exact) mass is 208 g/mol. The van der Waals surface area contributed by atoms with E-state index >= 15 is 0 Å². The number of hydrogen-bond donors (Lipinski definition) is 2. The maximum absolute atomic E-state index is 10.3. The van der Waals surface area contributed by atoms with Crippen LogP contribution in [0.1, 0.15) is 31.4 Å². The smallest absolute Gasteiger partial charge is 0.0898 e. The second-order valence-electron chi connectivity index (χ2n) is 4.07. The van der Waals surface area contributed by atoms with E-state index in [1.165, 1.54) is 0 Å². The van der Waals surface area contributed by atoms with Gasteiger partial charge in [0.05, 0.1) is 5.60 Å². The third kappa shape index (κ3) is 3.29. The van der Waals surface area contributed by atoms with Crippen LogP contribution in [0.3, 0.4) is 0 Å². The number of nitrogens with zero attached hydrogens (tertiary/aromatic N) is 1. The zero-order chi connectivity index (χ0) is 11.3. The number of aromatic nitrogens is 1. The molecule has 0 aliphatic carbocycles. The Hall–Kier alpha value is -0.930. The molecular formula is C12H20N2O. The number of rotatable bonds is 5. The number of nitrogens with one attached hydrogen (secondary N) is 1. The average Bonchev–Trinajstić information content (AvgIpc) is 2.18. The zero-order valence-electron chi connectivity index (χ0n) is 9.75. The van der Waals surface area contributed by atoms with Crippen LogP contribution in [-0.4, -0.2) is 23.2 Å². The molecule has 0 aliphatic rings. The van der Waals surface area contributed by atoms with Crippen LogP contribution < -0.4 is 5.32 Å². The summed E-state index contributed by atoms with van der Waals surface area (Å²) in [6, 6.07) is 1.93. The summed E-state index contributed by atoms with van der Waals surface area (Å²) in [5.41, 5.74) is 1.22. The van der Waals surface area contributed by atoms with Gasteiger partial charge < -0.3 is 10.4 Å². The van der Waals surface area contributed by atoms with Gasteiger partial charge in [-0.25, -0.2) is 0 Å². The van der Waals surface area contributed by atoms with Gasteiger partial charge in [-0.1, -0.05) is 6.92 Å². The van der Waals surface area contributed by atoms with E-state index in [9.17, 15) is 5.11 Å². The van der Waals surface area contributed by atoms with Gasteiger partial charge >= 0.3 is 0 Å². The van der Waals surface area contributed by atoms with Crippen molar-refractivity contribution in [1.82, 2.24) is 10.3 Å². The average molecular weight is 208 g/mol. The predicted octanol–water partition coefficient (Wildman–Crippen LogP) is 1.60. The second kappa shape index (κ2) is 5.24. The molecule has 3 heteroatoms. The van der Waals surface area contributed by atoms with Crippen LogP contribution in [0.2, 0.25) is 0 Å². The minimum atomic E-state index is -0.791. The highest BCUT2D eigenvalue weighted by Crippen LogP contribution is 2.25. The van der Waals surface area contributed by atoms with Crippen LogP contribution in [0, 0.1) is 6.92 Å². The first-order valence-electron chi connectivity index (χ1n) is 5.42. The quantitative estimate of drug-likeness (QED) is 0.722. The lowest BCUT2D eigenvalue weighted by Gasteiger charge is -2.25. The topological polar surface area (TPSA) is 45.1 Å². The summed E-state index contributed by atoms with van der Waals surface area (Å²) in [6.07, 6.45) is 4.20. The molecule has 0 aromatic carbocycles. The SMILES string of the molecule is CCNCCC(C)(O)c1cnccc1C. The van der Waals surface area contributed by atoms with Gasteiger partial charge in [0.25, 0.3) is 0 Å². The summed E-state index contributed by atoms with van der Waals surface area (Å²) in [4.78, 5) is 4.06. The molecule has 0 amide bonds.